The molecule has 2 fully saturated rings. The van der Waals surface area contributed by atoms with Gasteiger partial charge < -0.3 is 10.2 Å². The van der Waals surface area contributed by atoms with Gasteiger partial charge in [0.1, 0.15) is 6.04 Å². The van der Waals surface area contributed by atoms with E-state index in [0.29, 0.717) is 15.6 Å². The number of carbonyl (C=O) groups excluding carboxylic acids is 2. The number of benzene rings is 1. The highest BCUT2D eigenvalue weighted by molar-refractivity contribution is 6.36. The second-order valence-corrected chi connectivity index (χ2v) is 6.09. The Hall–Kier alpha value is -1.26. The second-order valence-electron chi connectivity index (χ2n) is 5.28. The zero-order chi connectivity index (χ0) is 14.3. The van der Waals surface area contributed by atoms with Crippen molar-refractivity contribution >= 4 is 35.0 Å². The largest absolute Gasteiger partial charge is 0.342 e. The number of nitrogens with zero attached hydrogens (tertiary/aromatic N) is 1. The molecule has 1 N–H and O–H groups in total. The number of halogens is 2. The molecule has 2 aliphatic rings. The maximum atomic E-state index is 12.4. The summed E-state index contributed by atoms with van der Waals surface area (Å²) in [6.45, 7) is 0.331. The molecule has 1 unspecified atom stereocenters. The molecule has 1 saturated carbocycles. The first-order chi connectivity index (χ1) is 9.56. The first-order valence-corrected chi connectivity index (χ1v) is 7.33. The zero-order valence-corrected chi connectivity index (χ0v) is 12.2. The van der Waals surface area contributed by atoms with Crippen molar-refractivity contribution in [2.75, 3.05) is 6.54 Å². The van der Waals surface area contributed by atoms with Crippen LogP contribution in [0.25, 0.3) is 0 Å². The summed E-state index contributed by atoms with van der Waals surface area (Å²) in [4.78, 5) is 25.7. The zero-order valence-electron chi connectivity index (χ0n) is 10.7. The molecule has 0 spiro atoms. The van der Waals surface area contributed by atoms with Crippen LogP contribution in [0.3, 0.4) is 0 Å². The molecule has 6 heteroatoms. The molecule has 1 heterocycles. The normalized spacial score (nSPS) is 22.9. The Labute approximate surface area is 127 Å². The maximum Gasteiger partial charge on any atom is 0.246 e. The molecule has 0 aromatic heterocycles. The number of piperazine rings is 1. The number of carbonyl (C=O) groups is 2. The Kier molecular flexibility index (Phi) is 3.61. The van der Waals surface area contributed by atoms with Gasteiger partial charge in [-0.1, -0.05) is 29.3 Å². The lowest BCUT2D eigenvalue weighted by atomic mass is 10.1. The number of nitrogens with one attached hydrogen (secondary N) is 1. The molecular formula is C14H14Cl2N2O2. The molecule has 1 aromatic rings. The Morgan fingerprint density at radius 1 is 1.20 bits per heavy atom. The van der Waals surface area contributed by atoms with E-state index in [1.165, 1.54) is 4.90 Å². The van der Waals surface area contributed by atoms with Crippen LogP contribution in [0.15, 0.2) is 18.2 Å². The first-order valence-electron chi connectivity index (χ1n) is 6.57. The van der Waals surface area contributed by atoms with Gasteiger partial charge in [0.25, 0.3) is 0 Å². The van der Waals surface area contributed by atoms with Gasteiger partial charge in [-0.15, -0.1) is 0 Å². The molecule has 2 amide bonds. The minimum atomic E-state index is -0.377. The van der Waals surface area contributed by atoms with E-state index in [1.54, 1.807) is 18.2 Å². The summed E-state index contributed by atoms with van der Waals surface area (Å²) >= 11 is 12.2. The SMILES string of the molecule is O=C1CN(Cc2c(Cl)cccc2Cl)C(=O)C(C2CC2)N1. The Morgan fingerprint density at radius 2 is 1.85 bits per heavy atom. The van der Waals surface area contributed by atoms with Gasteiger partial charge >= 0.3 is 0 Å². The van der Waals surface area contributed by atoms with E-state index in [-0.39, 0.29) is 36.9 Å². The van der Waals surface area contributed by atoms with Crippen LogP contribution in [0.5, 0.6) is 0 Å². The average Bonchev–Trinajstić information content (AvgIpc) is 3.22. The van der Waals surface area contributed by atoms with Crippen LogP contribution < -0.4 is 5.32 Å². The van der Waals surface area contributed by atoms with E-state index in [0.717, 1.165) is 12.8 Å². The standard InChI is InChI=1S/C14H14Cl2N2O2/c15-10-2-1-3-11(16)9(10)6-18-7-12(19)17-13(14(18)20)8-4-5-8/h1-3,8,13H,4-7H2,(H,17,19). The lowest BCUT2D eigenvalue weighted by molar-refractivity contribution is -0.145. The summed E-state index contributed by atoms with van der Waals surface area (Å²) in [6.07, 6.45) is 1.99. The third-order valence-corrected chi connectivity index (χ3v) is 4.44. The Morgan fingerprint density at radius 3 is 2.45 bits per heavy atom. The highest BCUT2D eigenvalue weighted by Gasteiger charge is 2.42. The number of rotatable bonds is 3. The van der Waals surface area contributed by atoms with Crippen molar-refractivity contribution in [3.63, 3.8) is 0 Å². The van der Waals surface area contributed by atoms with E-state index in [9.17, 15) is 9.59 Å². The lowest BCUT2D eigenvalue weighted by Crippen LogP contribution is -2.58. The molecule has 1 atom stereocenters. The van der Waals surface area contributed by atoms with E-state index in [4.69, 9.17) is 23.2 Å². The summed E-state index contributed by atoms with van der Waals surface area (Å²) in [5, 5.41) is 3.80. The van der Waals surface area contributed by atoms with Gasteiger partial charge in [0.15, 0.2) is 0 Å². The molecule has 1 saturated heterocycles. The van der Waals surface area contributed by atoms with Crippen molar-refractivity contribution in [2.45, 2.75) is 25.4 Å². The highest BCUT2D eigenvalue weighted by atomic mass is 35.5. The van der Waals surface area contributed by atoms with E-state index < -0.39 is 0 Å². The summed E-state index contributed by atoms with van der Waals surface area (Å²) in [5.41, 5.74) is 0.688. The molecule has 3 rings (SSSR count). The van der Waals surface area contributed by atoms with Crippen molar-refractivity contribution < 1.29 is 9.59 Å². The van der Waals surface area contributed by atoms with Crippen LogP contribution in [-0.4, -0.2) is 29.3 Å². The number of amides is 2. The fourth-order valence-corrected chi connectivity index (χ4v) is 3.00. The van der Waals surface area contributed by atoms with Crippen LogP contribution in [0, 0.1) is 5.92 Å². The molecular weight excluding hydrogens is 299 g/mol. The Balaban J connectivity index is 1.82. The predicted molar refractivity (Wildman–Crippen MR) is 76.5 cm³/mol. The Bertz CT molecular complexity index is 552. The van der Waals surface area contributed by atoms with Crippen molar-refractivity contribution in [3.05, 3.63) is 33.8 Å². The molecule has 0 radical (unpaired) electrons. The van der Waals surface area contributed by atoms with Gasteiger partial charge in [0.2, 0.25) is 11.8 Å². The quantitative estimate of drug-likeness (QED) is 0.930. The summed E-state index contributed by atoms with van der Waals surface area (Å²) < 4.78 is 0. The van der Waals surface area contributed by atoms with E-state index in [2.05, 4.69) is 5.32 Å². The van der Waals surface area contributed by atoms with Crippen molar-refractivity contribution in [2.24, 2.45) is 5.92 Å². The molecule has 1 aliphatic carbocycles. The smallest absolute Gasteiger partial charge is 0.246 e. The highest BCUT2D eigenvalue weighted by Crippen LogP contribution is 2.35. The summed E-state index contributed by atoms with van der Waals surface area (Å²) in [7, 11) is 0. The van der Waals surface area contributed by atoms with Gasteiger partial charge in [0, 0.05) is 22.2 Å². The summed E-state index contributed by atoms with van der Waals surface area (Å²) in [5.74, 6) is 0.128. The van der Waals surface area contributed by atoms with Crippen LogP contribution in [-0.2, 0) is 16.1 Å². The fraction of sp³-hybridized carbons (Fsp3) is 0.429. The van der Waals surface area contributed by atoms with Crippen molar-refractivity contribution in [1.82, 2.24) is 10.2 Å². The predicted octanol–water partition coefficient (Wildman–Crippen LogP) is 2.23. The van der Waals surface area contributed by atoms with Gasteiger partial charge in [-0.2, -0.15) is 0 Å². The second kappa shape index (κ2) is 5.26. The van der Waals surface area contributed by atoms with Gasteiger partial charge in [-0.25, -0.2) is 0 Å². The first kappa shape index (κ1) is 13.7. The van der Waals surface area contributed by atoms with Crippen LogP contribution in [0.1, 0.15) is 18.4 Å². The minimum absolute atomic E-state index is 0.0388. The molecule has 1 aromatic carbocycles. The summed E-state index contributed by atoms with van der Waals surface area (Å²) in [6, 6.07) is 4.84. The maximum absolute atomic E-state index is 12.4. The van der Waals surface area contributed by atoms with Gasteiger partial charge in [0.05, 0.1) is 6.54 Å². The van der Waals surface area contributed by atoms with Crippen LogP contribution in [0.2, 0.25) is 10.0 Å². The molecule has 1 aliphatic heterocycles. The topological polar surface area (TPSA) is 49.4 Å². The molecule has 0 bridgehead atoms. The lowest BCUT2D eigenvalue weighted by Gasteiger charge is -2.33. The molecule has 106 valence electrons. The monoisotopic (exact) mass is 312 g/mol. The fourth-order valence-electron chi connectivity index (χ4n) is 2.49. The number of hydrogen-bond acceptors (Lipinski definition) is 2. The van der Waals surface area contributed by atoms with E-state index in [1.807, 2.05) is 0 Å². The van der Waals surface area contributed by atoms with Crippen molar-refractivity contribution in [1.29, 1.82) is 0 Å². The molecule has 4 nitrogen and oxygen atoms in total. The van der Waals surface area contributed by atoms with E-state index >= 15 is 0 Å². The third-order valence-electron chi connectivity index (χ3n) is 3.73. The third kappa shape index (κ3) is 2.63. The molecule has 20 heavy (non-hydrogen) atoms. The van der Waals surface area contributed by atoms with Gasteiger partial charge in [-0.05, 0) is 30.9 Å². The number of hydrogen-bond donors (Lipinski definition) is 1. The average molecular weight is 313 g/mol. The van der Waals surface area contributed by atoms with Crippen LogP contribution in [0.4, 0.5) is 0 Å². The van der Waals surface area contributed by atoms with Crippen LogP contribution >= 0.6 is 23.2 Å². The van der Waals surface area contributed by atoms with Gasteiger partial charge in [-0.3, -0.25) is 9.59 Å². The minimum Gasteiger partial charge on any atom is -0.342 e. The van der Waals surface area contributed by atoms with Crippen molar-refractivity contribution in [3.8, 4) is 0 Å².